The van der Waals surface area contributed by atoms with Crippen molar-refractivity contribution in [3.8, 4) is 5.69 Å². The standard InChI is InChI=1S/C26H33ClN4O3S/c1-18(2)16-30(35(33,34)22-12-10-20(27)11-13-22)17-25(32)28-24-15-23(26(4,5)6)29-31(24)21-9-7-8-19(3)14-21/h7-15,18H,16-17H2,1-6H3,(H,28,32). The Kier molecular flexibility index (Phi) is 8.09. The minimum Gasteiger partial charge on any atom is -0.309 e. The Morgan fingerprint density at radius 3 is 2.34 bits per heavy atom. The highest BCUT2D eigenvalue weighted by atomic mass is 35.5. The number of benzene rings is 2. The number of aromatic nitrogens is 2. The van der Waals surface area contributed by atoms with Gasteiger partial charge in [-0.3, -0.25) is 4.79 Å². The summed E-state index contributed by atoms with van der Waals surface area (Å²) in [6.45, 7) is 11.8. The number of amides is 1. The van der Waals surface area contributed by atoms with E-state index >= 15 is 0 Å². The molecule has 0 atom stereocenters. The number of aryl methyl sites for hydroxylation is 1. The van der Waals surface area contributed by atoms with Crippen LogP contribution in [0, 0.1) is 12.8 Å². The molecule has 0 fully saturated rings. The van der Waals surface area contributed by atoms with Crippen LogP contribution in [0.1, 0.15) is 45.9 Å². The molecule has 9 heteroatoms. The molecule has 35 heavy (non-hydrogen) atoms. The third-order valence-electron chi connectivity index (χ3n) is 5.33. The van der Waals surface area contributed by atoms with E-state index in [9.17, 15) is 13.2 Å². The maximum absolute atomic E-state index is 13.3. The quantitative estimate of drug-likeness (QED) is 0.433. The van der Waals surface area contributed by atoms with Crippen LogP contribution in [0.25, 0.3) is 5.69 Å². The molecule has 1 amide bonds. The lowest BCUT2D eigenvalue weighted by molar-refractivity contribution is -0.116. The summed E-state index contributed by atoms with van der Waals surface area (Å²) >= 11 is 5.93. The van der Waals surface area contributed by atoms with Crippen molar-refractivity contribution in [1.82, 2.24) is 14.1 Å². The Bertz CT molecular complexity index is 1290. The molecule has 0 radical (unpaired) electrons. The van der Waals surface area contributed by atoms with Gasteiger partial charge in [0.05, 0.1) is 22.8 Å². The van der Waals surface area contributed by atoms with Crippen molar-refractivity contribution >= 4 is 33.3 Å². The third kappa shape index (κ3) is 6.72. The van der Waals surface area contributed by atoms with E-state index in [0.29, 0.717) is 10.8 Å². The van der Waals surface area contributed by atoms with Gasteiger partial charge in [-0.2, -0.15) is 9.40 Å². The molecule has 2 aromatic carbocycles. The van der Waals surface area contributed by atoms with Gasteiger partial charge < -0.3 is 5.32 Å². The largest absolute Gasteiger partial charge is 0.309 e. The van der Waals surface area contributed by atoms with Crippen LogP contribution in [0.3, 0.4) is 0 Å². The topological polar surface area (TPSA) is 84.3 Å². The lowest BCUT2D eigenvalue weighted by Gasteiger charge is -2.23. The van der Waals surface area contributed by atoms with Crippen LogP contribution >= 0.6 is 11.6 Å². The molecule has 0 aliphatic rings. The van der Waals surface area contributed by atoms with Gasteiger partial charge in [0.15, 0.2) is 0 Å². The van der Waals surface area contributed by atoms with Gasteiger partial charge in [-0.1, -0.05) is 58.4 Å². The van der Waals surface area contributed by atoms with Crippen molar-refractivity contribution in [1.29, 1.82) is 0 Å². The highest BCUT2D eigenvalue weighted by Crippen LogP contribution is 2.27. The number of anilines is 1. The predicted molar refractivity (Wildman–Crippen MR) is 141 cm³/mol. The van der Waals surface area contributed by atoms with Crippen molar-refractivity contribution < 1.29 is 13.2 Å². The summed E-state index contributed by atoms with van der Waals surface area (Å²) in [5.41, 5.74) is 2.44. The third-order valence-corrected chi connectivity index (χ3v) is 7.41. The molecule has 0 saturated carbocycles. The minimum absolute atomic E-state index is 0.0233. The fourth-order valence-electron chi connectivity index (χ4n) is 3.55. The lowest BCUT2D eigenvalue weighted by atomic mass is 9.92. The summed E-state index contributed by atoms with van der Waals surface area (Å²) < 4.78 is 29.5. The number of rotatable bonds is 8. The number of hydrogen-bond acceptors (Lipinski definition) is 4. The summed E-state index contributed by atoms with van der Waals surface area (Å²) in [6, 6.07) is 15.6. The monoisotopic (exact) mass is 516 g/mol. The smallest absolute Gasteiger partial charge is 0.243 e. The Balaban J connectivity index is 1.92. The van der Waals surface area contributed by atoms with Crippen LogP contribution < -0.4 is 5.32 Å². The number of halogens is 1. The number of nitrogens with zero attached hydrogens (tertiary/aromatic N) is 3. The molecule has 1 N–H and O–H groups in total. The molecule has 0 aliphatic carbocycles. The summed E-state index contributed by atoms with van der Waals surface area (Å²) in [7, 11) is -3.89. The van der Waals surface area contributed by atoms with E-state index in [2.05, 4.69) is 5.32 Å². The summed E-state index contributed by atoms with van der Waals surface area (Å²) in [5, 5.41) is 8.07. The fraction of sp³-hybridized carbons (Fsp3) is 0.385. The first-order valence-electron chi connectivity index (χ1n) is 11.5. The van der Waals surface area contributed by atoms with Crippen LogP contribution in [0.2, 0.25) is 5.02 Å². The molecule has 0 spiro atoms. The Morgan fingerprint density at radius 2 is 1.77 bits per heavy atom. The fourth-order valence-corrected chi connectivity index (χ4v) is 5.23. The first kappa shape index (κ1) is 26.9. The molecule has 0 aliphatic heterocycles. The number of nitrogens with one attached hydrogen (secondary N) is 1. The molecule has 0 bridgehead atoms. The first-order chi connectivity index (χ1) is 16.3. The van der Waals surface area contributed by atoms with E-state index in [4.69, 9.17) is 16.7 Å². The van der Waals surface area contributed by atoms with Crippen molar-refractivity contribution in [2.75, 3.05) is 18.4 Å². The van der Waals surface area contributed by atoms with Gasteiger partial charge in [-0.15, -0.1) is 0 Å². The molecule has 1 aromatic heterocycles. The maximum atomic E-state index is 13.3. The second kappa shape index (κ2) is 10.5. The van der Waals surface area contributed by atoms with Gasteiger partial charge in [-0.25, -0.2) is 13.1 Å². The van der Waals surface area contributed by atoms with Crippen LogP contribution in [0.15, 0.2) is 59.5 Å². The van der Waals surface area contributed by atoms with Crippen molar-refractivity contribution in [2.45, 2.75) is 51.9 Å². The van der Waals surface area contributed by atoms with E-state index in [1.165, 1.54) is 28.6 Å². The van der Waals surface area contributed by atoms with Crippen LogP contribution in [-0.4, -0.2) is 41.5 Å². The second-order valence-electron chi connectivity index (χ2n) is 10.1. The van der Waals surface area contributed by atoms with Crippen LogP contribution in [-0.2, 0) is 20.2 Å². The molecular formula is C26H33ClN4O3S. The van der Waals surface area contributed by atoms with E-state index in [1.54, 1.807) is 4.68 Å². The highest BCUT2D eigenvalue weighted by Gasteiger charge is 2.28. The molecule has 0 saturated heterocycles. The molecule has 3 rings (SSSR count). The average molecular weight is 517 g/mol. The number of sulfonamides is 1. The van der Waals surface area contributed by atoms with E-state index < -0.39 is 15.9 Å². The number of carbonyl (C=O) groups is 1. The van der Waals surface area contributed by atoms with Gasteiger partial charge in [0, 0.05) is 23.0 Å². The van der Waals surface area contributed by atoms with Crippen LogP contribution in [0.5, 0.6) is 0 Å². The second-order valence-corrected chi connectivity index (χ2v) is 12.5. The number of carbonyl (C=O) groups excluding carboxylic acids is 1. The number of hydrogen-bond donors (Lipinski definition) is 1. The van der Waals surface area contributed by atoms with Gasteiger partial charge in [0.1, 0.15) is 5.82 Å². The molecular weight excluding hydrogens is 484 g/mol. The Morgan fingerprint density at radius 1 is 1.11 bits per heavy atom. The SMILES string of the molecule is Cc1cccc(-n2nc(C(C)(C)C)cc2NC(=O)CN(CC(C)C)S(=O)(=O)c2ccc(Cl)cc2)c1. The van der Waals surface area contributed by atoms with E-state index in [-0.39, 0.29) is 29.3 Å². The molecule has 188 valence electrons. The van der Waals surface area contributed by atoms with E-state index in [1.807, 2.05) is 71.9 Å². The first-order valence-corrected chi connectivity index (χ1v) is 13.3. The normalized spacial score (nSPS) is 12.4. The summed E-state index contributed by atoms with van der Waals surface area (Å²) in [5.74, 6) is 0.0616. The zero-order valence-corrected chi connectivity index (χ0v) is 22.6. The zero-order valence-electron chi connectivity index (χ0n) is 21.0. The predicted octanol–water partition coefficient (Wildman–Crippen LogP) is 5.42. The van der Waals surface area contributed by atoms with Gasteiger partial charge in [-0.05, 0) is 54.8 Å². The summed E-state index contributed by atoms with van der Waals surface area (Å²) in [4.78, 5) is 13.3. The van der Waals surface area contributed by atoms with Gasteiger partial charge in [0.2, 0.25) is 15.9 Å². The highest BCUT2D eigenvalue weighted by molar-refractivity contribution is 7.89. The lowest BCUT2D eigenvalue weighted by Crippen LogP contribution is -2.40. The van der Waals surface area contributed by atoms with Crippen molar-refractivity contribution in [3.05, 3.63) is 70.9 Å². The Labute approximate surface area is 213 Å². The average Bonchev–Trinajstić information content (AvgIpc) is 3.17. The minimum atomic E-state index is -3.89. The van der Waals surface area contributed by atoms with Gasteiger partial charge >= 0.3 is 0 Å². The summed E-state index contributed by atoms with van der Waals surface area (Å²) in [6.07, 6.45) is 0. The molecule has 7 nitrogen and oxygen atoms in total. The van der Waals surface area contributed by atoms with Crippen molar-refractivity contribution in [2.24, 2.45) is 5.92 Å². The van der Waals surface area contributed by atoms with Crippen molar-refractivity contribution in [3.63, 3.8) is 0 Å². The molecule has 3 aromatic rings. The zero-order chi connectivity index (χ0) is 26.0. The Hall–Kier alpha value is -2.68. The molecule has 1 heterocycles. The van der Waals surface area contributed by atoms with E-state index in [0.717, 1.165) is 16.9 Å². The van der Waals surface area contributed by atoms with Crippen LogP contribution in [0.4, 0.5) is 5.82 Å². The molecule has 0 unspecified atom stereocenters. The van der Waals surface area contributed by atoms with Gasteiger partial charge in [0.25, 0.3) is 0 Å². The maximum Gasteiger partial charge on any atom is 0.243 e.